The SMILES string of the molecule is CC(C)(C)OC(=O)N[C@H](c1cn2ncc([C@@H](NC(=O)CC3CC(F)(F)C3)C3(C#N)CC3)cc2n1)C1CCC(F)(F)CC1. The molecule has 0 saturated heterocycles. The fraction of sp³-hybridized carbons (Fsp3) is 0.690. The summed E-state index contributed by atoms with van der Waals surface area (Å²) >= 11 is 0. The second-order valence-corrected chi connectivity index (χ2v) is 13.2. The minimum atomic E-state index is -2.75. The monoisotopic (exact) mass is 592 g/mol. The average molecular weight is 593 g/mol. The summed E-state index contributed by atoms with van der Waals surface area (Å²) in [7, 11) is 0. The van der Waals surface area contributed by atoms with Gasteiger partial charge >= 0.3 is 6.09 Å². The minimum Gasteiger partial charge on any atom is -0.444 e. The first kappa shape index (κ1) is 30.0. The molecule has 228 valence electrons. The summed E-state index contributed by atoms with van der Waals surface area (Å²) in [5, 5.41) is 20.0. The Labute approximate surface area is 241 Å². The highest BCUT2D eigenvalue weighted by Gasteiger charge is 2.52. The molecular formula is C29H36F4N6O3. The summed E-state index contributed by atoms with van der Waals surface area (Å²) in [5.41, 5.74) is -0.245. The number of nitriles is 1. The van der Waals surface area contributed by atoms with Crippen LogP contribution in [0.3, 0.4) is 0 Å². The molecule has 42 heavy (non-hydrogen) atoms. The van der Waals surface area contributed by atoms with Crippen LogP contribution in [0.2, 0.25) is 0 Å². The number of aromatic nitrogens is 3. The number of halogens is 4. The highest BCUT2D eigenvalue weighted by atomic mass is 19.3. The Bertz CT molecular complexity index is 1380. The predicted octanol–water partition coefficient (Wildman–Crippen LogP) is 6.02. The van der Waals surface area contributed by atoms with Crippen molar-refractivity contribution in [3.63, 3.8) is 0 Å². The van der Waals surface area contributed by atoms with Crippen LogP contribution in [-0.2, 0) is 9.53 Å². The van der Waals surface area contributed by atoms with Gasteiger partial charge in [0.25, 0.3) is 0 Å². The quantitative estimate of drug-likeness (QED) is 0.362. The molecule has 3 saturated carbocycles. The first-order chi connectivity index (χ1) is 19.6. The van der Waals surface area contributed by atoms with Gasteiger partial charge in [0, 0.05) is 32.1 Å². The normalized spacial score (nSPS) is 22.8. The Morgan fingerprint density at radius 1 is 1.12 bits per heavy atom. The van der Waals surface area contributed by atoms with Crippen molar-refractivity contribution in [1.82, 2.24) is 25.2 Å². The van der Waals surface area contributed by atoms with Gasteiger partial charge in [0.1, 0.15) is 5.60 Å². The van der Waals surface area contributed by atoms with Crippen LogP contribution in [0.1, 0.15) is 102 Å². The molecule has 2 aromatic rings. The lowest BCUT2D eigenvalue weighted by Gasteiger charge is -2.35. The van der Waals surface area contributed by atoms with E-state index in [-0.39, 0.29) is 50.9 Å². The molecule has 2 amide bonds. The molecule has 0 spiro atoms. The molecule has 2 aromatic heterocycles. The van der Waals surface area contributed by atoms with Gasteiger partial charge < -0.3 is 15.4 Å². The van der Waals surface area contributed by atoms with Gasteiger partial charge in [-0.25, -0.2) is 31.9 Å². The molecule has 0 unspecified atom stereocenters. The minimum absolute atomic E-state index is 0.0464. The number of amides is 2. The van der Waals surface area contributed by atoms with Crippen molar-refractivity contribution in [3.05, 3.63) is 29.7 Å². The summed E-state index contributed by atoms with van der Waals surface area (Å²) in [4.78, 5) is 30.2. The summed E-state index contributed by atoms with van der Waals surface area (Å²) in [6.45, 7) is 5.18. The van der Waals surface area contributed by atoms with Gasteiger partial charge in [-0.1, -0.05) is 0 Å². The Hall–Kier alpha value is -3.43. The maximum absolute atomic E-state index is 13.9. The van der Waals surface area contributed by atoms with Crippen LogP contribution in [0.25, 0.3) is 5.65 Å². The maximum Gasteiger partial charge on any atom is 0.408 e. The maximum atomic E-state index is 13.9. The van der Waals surface area contributed by atoms with Gasteiger partial charge in [-0.2, -0.15) is 10.4 Å². The molecule has 3 aliphatic rings. The van der Waals surface area contributed by atoms with Crippen molar-refractivity contribution in [2.24, 2.45) is 17.3 Å². The van der Waals surface area contributed by atoms with Crippen molar-refractivity contribution >= 4 is 17.6 Å². The molecule has 0 bridgehead atoms. The molecule has 0 aromatic carbocycles. The van der Waals surface area contributed by atoms with Crippen LogP contribution in [0.5, 0.6) is 0 Å². The fourth-order valence-corrected chi connectivity index (χ4v) is 6.03. The first-order valence-electron chi connectivity index (χ1n) is 14.4. The van der Waals surface area contributed by atoms with Crippen molar-refractivity contribution in [2.75, 3.05) is 0 Å². The van der Waals surface area contributed by atoms with E-state index in [9.17, 15) is 32.4 Å². The van der Waals surface area contributed by atoms with E-state index in [1.165, 1.54) is 10.7 Å². The number of rotatable bonds is 8. The fourth-order valence-electron chi connectivity index (χ4n) is 6.03. The van der Waals surface area contributed by atoms with E-state index in [1.54, 1.807) is 33.0 Å². The van der Waals surface area contributed by atoms with Crippen LogP contribution in [0, 0.1) is 28.6 Å². The van der Waals surface area contributed by atoms with Gasteiger partial charge in [0.05, 0.1) is 41.7 Å². The third kappa shape index (κ3) is 6.79. The van der Waals surface area contributed by atoms with Crippen LogP contribution < -0.4 is 10.6 Å². The highest BCUT2D eigenvalue weighted by molar-refractivity contribution is 5.77. The van der Waals surface area contributed by atoms with Gasteiger partial charge in [-0.15, -0.1) is 0 Å². The number of carbonyl (C=O) groups is 2. The van der Waals surface area contributed by atoms with E-state index in [1.807, 2.05) is 0 Å². The topological polar surface area (TPSA) is 121 Å². The predicted molar refractivity (Wildman–Crippen MR) is 142 cm³/mol. The van der Waals surface area contributed by atoms with Crippen LogP contribution in [0.15, 0.2) is 18.5 Å². The number of ether oxygens (including phenoxy) is 1. The third-order valence-electron chi connectivity index (χ3n) is 8.44. The average Bonchev–Trinajstić information content (AvgIpc) is 3.54. The number of nitrogens with zero attached hydrogens (tertiary/aromatic N) is 4. The Morgan fingerprint density at radius 2 is 1.79 bits per heavy atom. The third-order valence-corrected chi connectivity index (χ3v) is 8.44. The van der Waals surface area contributed by atoms with E-state index in [0.29, 0.717) is 29.7 Å². The zero-order valence-corrected chi connectivity index (χ0v) is 23.9. The number of hydrogen-bond acceptors (Lipinski definition) is 6. The van der Waals surface area contributed by atoms with Gasteiger partial charge in [0.15, 0.2) is 5.65 Å². The lowest BCUT2D eigenvalue weighted by Crippen LogP contribution is -2.40. The van der Waals surface area contributed by atoms with E-state index in [0.717, 1.165) is 0 Å². The van der Waals surface area contributed by atoms with Crippen molar-refractivity contribution < 1.29 is 31.9 Å². The molecule has 0 radical (unpaired) electrons. The molecule has 3 fully saturated rings. The Kier molecular flexibility index (Phi) is 7.64. The van der Waals surface area contributed by atoms with E-state index in [2.05, 4.69) is 26.8 Å². The molecule has 9 nitrogen and oxygen atoms in total. The largest absolute Gasteiger partial charge is 0.444 e. The van der Waals surface area contributed by atoms with Crippen molar-refractivity contribution in [1.29, 1.82) is 5.26 Å². The summed E-state index contributed by atoms with van der Waals surface area (Å²) in [5.74, 6) is -6.58. The van der Waals surface area contributed by atoms with Crippen molar-refractivity contribution in [2.45, 2.75) is 108 Å². The lowest BCUT2D eigenvalue weighted by molar-refractivity contribution is -0.134. The van der Waals surface area contributed by atoms with Gasteiger partial charge in [-0.3, -0.25) is 4.79 Å². The Balaban J connectivity index is 1.39. The smallest absolute Gasteiger partial charge is 0.408 e. The van der Waals surface area contributed by atoms with E-state index < -0.39 is 52.9 Å². The summed E-state index contributed by atoms with van der Waals surface area (Å²) in [6.07, 6.45) is 2.67. The highest BCUT2D eigenvalue weighted by Crippen LogP contribution is 2.54. The van der Waals surface area contributed by atoms with Gasteiger partial charge in [-0.05, 0) is 69.9 Å². The zero-order valence-electron chi connectivity index (χ0n) is 23.9. The van der Waals surface area contributed by atoms with Gasteiger partial charge in [0.2, 0.25) is 17.8 Å². The summed E-state index contributed by atoms with van der Waals surface area (Å²) < 4.78 is 61.3. The molecule has 3 aliphatic carbocycles. The van der Waals surface area contributed by atoms with Crippen LogP contribution in [-0.4, -0.2) is 44.0 Å². The number of fused-ring (bicyclic) bond motifs is 1. The summed E-state index contributed by atoms with van der Waals surface area (Å²) in [6, 6.07) is 2.58. The number of alkyl carbamates (subject to hydrolysis) is 1. The number of carbonyl (C=O) groups excluding carboxylic acids is 2. The Morgan fingerprint density at radius 3 is 2.36 bits per heavy atom. The molecule has 5 rings (SSSR count). The molecule has 13 heteroatoms. The number of alkyl halides is 4. The van der Waals surface area contributed by atoms with Crippen LogP contribution >= 0.6 is 0 Å². The number of hydrogen-bond donors (Lipinski definition) is 2. The van der Waals surface area contributed by atoms with Crippen molar-refractivity contribution in [3.8, 4) is 6.07 Å². The molecular weight excluding hydrogens is 556 g/mol. The van der Waals surface area contributed by atoms with E-state index in [4.69, 9.17) is 4.74 Å². The van der Waals surface area contributed by atoms with E-state index >= 15 is 0 Å². The molecule has 2 N–H and O–H groups in total. The zero-order chi connectivity index (χ0) is 30.5. The second kappa shape index (κ2) is 10.7. The number of nitrogens with one attached hydrogen (secondary N) is 2. The first-order valence-corrected chi connectivity index (χ1v) is 14.4. The lowest BCUT2D eigenvalue weighted by atomic mass is 9.79. The standard InChI is InChI=1S/C29H36F4N6O3/c1-26(2,3)42-25(41)38-23(18-4-6-28(30,31)7-5-18)20-15-39-21(36-20)11-19(14-35-39)24(27(16-34)8-9-27)37-22(40)10-17-12-29(32,33)13-17/h11,14-15,17-18,23-24H,4-10,12-13H2,1-3H3,(H,37,40)(H,38,41)/t23-,24+/m0/s1. The molecule has 2 heterocycles. The molecule has 0 aliphatic heterocycles. The van der Waals surface area contributed by atoms with Crippen LogP contribution in [0.4, 0.5) is 22.4 Å². The second-order valence-electron chi connectivity index (χ2n) is 13.2. The molecule has 2 atom stereocenters. The number of imidazole rings is 1.